The highest BCUT2D eigenvalue weighted by Gasteiger charge is 2.39. The average molecular weight is 459 g/mol. The Morgan fingerprint density at radius 2 is 1.87 bits per heavy atom. The van der Waals surface area contributed by atoms with E-state index in [2.05, 4.69) is 20.0 Å². The van der Waals surface area contributed by atoms with Crippen molar-refractivity contribution in [1.29, 1.82) is 0 Å². The molecular formula is C20H25F3N4O3S. The van der Waals surface area contributed by atoms with Gasteiger partial charge in [-0.3, -0.25) is 0 Å². The van der Waals surface area contributed by atoms with Crippen molar-refractivity contribution in [3.63, 3.8) is 0 Å². The van der Waals surface area contributed by atoms with Gasteiger partial charge in [0.2, 0.25) is 16.0 Å². The largest absolute Gasteiger partial charge is 0.419 e. The Hall–Kier alpha value is -2.24. The molecule has 0 spiro atoms. The van der Waals surface area contributed by atoms with Gasteiger partial charge in [-0.05, 0) is 70.3 Å². The fourth-order valence-corrected chi connectivity index (χ4v) is 4.49. The molecule has 1 heterocycles. The zero-order valence-electron chi connectivity index (χ0n) is 17.4. The van der Waals surface area contributed by atoms with Crippen LogP contribution in [0.15, 0.2) is 29.3 Å². The Labute approximate surface area is 179 Å². The molecule has 0 amide bonds. The minimum Gasteiger partial charge on any atom is -0.390 e. The summed E-state index contributed by atoms with van der Waals surface area (Å²) in [4.78, 5) is 8.08. The van der Waals surface area contributed by atoms with E-state index in [1.807, 2.05) is 0 Å². The number of hydrogen-bond acceptors (Lipinski definition) is 6. The molecule has 1 fully saturated rings. The molecule has 2 aromatic rings. The Morgan fingerprint density at radius 3 is 2.42 bits per heavy atom. The van der Waals surface area contributed by atoms with Crippen LogP contribution in [-0.2, 0) is 16.2 Å². The van der Waals surface area contributed by atoms with Gasteiger partial charge < -0.3 is 10.4 Å². The Kier molecular flexibility index (Phi) is 6.32. The molecule has 3 rings (SSSR count). The van der Waals surface area contributed by atoms with Crippen LogP contribution in [-0.4, -0.2) is 36.1 Å². The van der Waals surface area contributed by atoms with Gasteiger partial charge in [-0.25, -0.2) is 23.1 Å². The number of aliphatic hydroxyl groups is 1. The van der Waals surface area contributed by atoms with E-state index >= 15 is 0 Å². The molecule has 3 N–H and O–H groups in total. The molecule has 0 bridgehead atoms. The van der Waals surface area contributed by atoms with Gasteiger partial charge in [0.1, 0.15) is 0 Å². The molecule has 1 aromatic heterocycles. The zero-order chi connectivity index (χ0) is 23.0. The lowest BCUT2D eigenvalue weighted by Gasteiger charge is -2.33. The van der Waals surface area contributed by atoms with Gasteiger partial charge in [-0.15, -0.1) is 0 Å². The molecule has 1 aliphatic rings. The van der Waals surface area contributed by atoms with Gasteiger partial charge in [0.15, 0.2) is 0 Å². The number of hydrogen-bond donors (Lipinski definition) is 3. The van der Waals surface area contributed by atoms with Crippen LogP contribution < -0.4 is 10.0 Å². The predicted octanol–water partition coefficient (Wildman–Crippen LogP) is 3.86. The van der Waals surface area contributed by atoms with E-state index in [0.717, 1.165) is 6.20 Å². The topological polar surface area (TPSA) is 104 Å². The molecule has 0 unspecified atom stereocenters. The summed E-state index contributed by atoms with van der Waals surface area (Å²) in [6.45, 7) is 3.35. The summed E-state index contributed by atoms with van der Waals surface area (Å²) in [5.74, 6) is -0.447. The van der Waals surface area contributed by atoms with Crippen molar-refractivity contribution in [1.82, 2.24) is 14.7 Å². The summed E-state index contributed by atoms with van der Waals surface area (Å²) in [5.41, 5.74) is -0.804. The van der Waals surface area contributed by atoms with Crippen molar-refractivity contribution < 1.29 is 26.7 Å². The number of nitrogens with one attached hydrogen (secondary N) is 2. The minimum atomic E-state index is -4.59. The number of aromatic nitrogens is 2. The summed E-state index contributed by atoms with van der Waals surface area (Å²) < 4.78 is 66.8. The van der Waals surface area contributed by atoms with E-state index in [9.17, 15) is 26.7 Å². The number of sulfonamides is 1. The molecule has 0 aliphatic heterocycles. The van der Waals surface area contributed by atoms with Gasteiger partial charge in [-0.1, -0.05) is 0 Å². The first kappa shape index (κ1) is 23.4. The summed E-state index contributed by atoms with van der Waals surface area (Å²) in [5, 5.41) is 13.0. The highest BCUT2D eigenvalue weighted by Crippen LogP contribution is 2.42. The lowest BCUT2D eigenvalue weighted by Crippen LogP contribution is -2.30. The fourth-order valence-electron chi connectivity index (χ4n) is 3.68. The van der Waals surface area contributed by atoms with Gasteiger partial charge in [-0.2, -0.15) is 13.2 Å². The lowest BCUT2D eigenvalue weighted by atomic mass is 9.78. The van der Waals surface area contributed by atoms with Gasteiger partial charge >= 0.3 is 6.18 Å². The van der Waals surface area contributed by atoms with E-state index in [4.69, 9.17) is 0 Å². The average Bonchev–Trinajstić information content (AvgIpc) is 2.68. The van der Waals surface area contributed by atoms with E-state index in [1.165, 1.54) is 25.2 Å². The molecule has 1 aliphatic carbocycles. The Morgan fingerprint density at radius 1 is 1.23 bits per heavy atom. The molecule has 0 radical (unpaired) electrons. The number of nitrogens with zero attached hydrogens (tertiary/aromatic N) is 2. The first-order chi connectivity index (χ1) is 14.3. The second kappa shape index (κ2) is 8.36. The Bertz CT molecular complexity index is 1060. The first-order valence-electron chi connectivity index (χ1n) is 9.80. The van der Waals surface area contributed by atoms with E-state index in [-0.39, 0.29) is 16.5 Å². The molecule has 0 saturated heterocycles. The quantitative estimate of drug-likeness (QED) is 0.629. The van der Waals surface area contributed by atoms with Crippen LogP contribution in [0.1, 0.15) is 55.3 Å². The van der Waals surface area contributed by atoms with Crippen LogP contribution in [0.4, 0.5) is 24.8 Å². The molecular weight excluding hydrogens is 433 g/mol. The highest BCUT2D eigenvalue weighted by atomic mass is 32.2. The molecule has 170 valence electrons. The first-order valence-corrected chi connectivity index (χ1v) is 11.3. The van der Waals surface area contributed by atoms with E-state index in [1.54, 1.807) is 13.8 Å². The van der Waals surface area contributed by atoms with Crippen LogP contribution in [0.25, 0.3) is 0 Å². The zero-order valence-corrected chi connectivity index (χ0v) is 18.2. The predicted molar refractivity (Wildman–Crippen MR) is 110 cm³/mol. The standard InChI is InChI=1S/C20H25F3N4O3S/c1-12-10-14(31(29,30)24-3)4-5-16(12)26-18-25-11-15(20(21,22)23)17(27-18)13-6-8-19(2,28)9-7-13/h4-5,10-11,13,24,28H,6-9H2,1-3H3,(H,25,26,27). The molecule has 1 aromatic carbocycles. The van der Waals surface area contributed by atoms with E-state index < -0.39 is 33.3 Å². The summed E-state index contributed by atoms with van der Waals surface area (Å²) in [7, 11) is -2.31. The van der Waals surface area contributed by atoms with Crippen molar-refractivity contribution in [2.24, 2.45) is 0 Å². The highest BCUT2D eigenvalue weighted by molar-refractivity contribution is 7.89. The van der Waals surface area contributed by atoms with Crippen molar-refractivity contribution in [3.8, 4) is 0 Å². The number of rotatable bonds is 5. The van der Waals surface area contributed by atoms with Crippen molar-refractivity contribution in [2.75, 3.05) is 12.4 Å². The third-order valence-electron chi connectivity index (χ3n) is 5.60. The molecule has 31 heavy (non-hydrogen) atoms. The third kappa shape index (κ3) is 5.34. The van der Waals surface area contributed by atoms with Crippen LogP contribution in [0, 0.1) is 6.92 Å². The van der Waals surface area contributed by atoms with Gasteiger partial charge in [0.25, 0.3) is 0 Å². The summed E-state index contributed by atoms with van der Waals surface area (Å²) in [6.07, 6.45) is -2.26. The second-order valence-corrected chi connectivity index (χ2v) is 9.96. The van der Waals surface area contributed by atoms with Crippen molar-refractivity contribution >= 4 is 21.7 Å². The van der Waals surface area contributed by atoms with Crippen molar-refractivity contribution in [2.45, 2.75) is 62.1 Å². The maximum Gasteiger partial charge on any atom is 0.419 e. The van der Waals surface area contributed by atoms with Crippen LogP contribution in [0.5, 0.6) is 0 Å². The maximum atomic E-state index is 13.6. The van der Waals surface area contributed by atoms with Crippen LogP contribution >= 0.6 is 0 Å². The van der Waals surface area contributed by atoms with Gasteiger partial charge in [0.05, 0.1) is 21.8 Å². The normalized spacial score (nSPS) is 22.4. The van der Waals surface area contributed by atoms with Gasteiger partial charge in [0, 0.05) is 17.8 Å². The van der Waals surface area contributed by atoms with Crippen LogP contribution in [0.3, 0.4) is 0 Å². The number of halogens is 3. The molecule has 11 heteroatoms. The van der Waals surface area contributed by atoms with Crippen molar-refractivity contribution in [3.05, 3.63) is 41.2 Å². The van der Waals surface area contributed by atoms with E-state index in [0.29, 0.717) is 36.9 Å². The number of benzene rings is 1. The number of aryl methyl sites for hydroxylation is 1. The SMILES string of the molecule is CNS(=O)(=O)c1ccc(Nc2ncc(C(F)(F)F)c(C3CCC(C)(O)CC3)n2)c(C)c1. The molecule has 0 atom stereocenters. The summed E-state index contributed by atoms with van der Waals surface area (Å²) in [6, 6.07) is 4.34. The number of alkyl halides is 3. The second-order valence-electron chi connectivity index (χ2n) is 8.07. The molecule has 7 nitrogen and oxygen atoms in total. The Balaban J connectivity index is 1.93. The fraction of sp³-hybridized carbons (Fsp3) is 0.500. The number of anilines is 2. The third-order valence-corrected chi connectivity index (χ3v) is 7.01. The lowest BCUT2D eigenvalue weighted by molar-refractivity contribution is -0.139. The maximum absolute atomic E-state index is 13.6. The van der Waals surface area contributed by atoms with Crippen LogP contribution in [0.2, 0.25) is 0 Å². The minimum absolute atomic E-state index is 0.00680. The monoisotopic (exact) mass is 458 g/mol. The smallest absolute Gasteiger partial charge is 0.390 e. The summed E-state index contributed by atoms with van der Waals surface area (Å²) >= 11 is 0. The molecule has 1 saturated carbocycles.